The molecule has 0 radical (unpaired) electrons. The quantitative estimate of drug-likeness (QED) is 0.385. The predicted molar refractivity (Wildman–Crippen MR) is 106 cm³/mol. The number of thiocarbonyl (C=S) groups is 1. The minimum Gasteiger partial charge on any atom is -0.361 e. The highest BCUT2D eigenvalue weighted by molar-refractivity contribution is 7.80. The Labute approximate surface area is 150 Å². The standard InChI is InChI=1S/C20H25N3S/c1-2-3-14-21-20(24)23-22-19(15-17-10-6-4-7-11-17)16-18-12-8-5-9-13-18/h4-13,15,22H,2-3,14,16H2,1H3,(H2,21,23,24)/b19-15+. The topological polar surface area (TPSA) is 36.1 Å². The maximum absolute atomic E-state index is 5.30. The van der Waals surface area contributed by atoms with Crippen molar-refractivity contribution in [3.05, 3.63) is 77.5 Å². The second-order valence-corrected chi connectivity index (χ2v) is 6.01. The molecule has 0 unspecified atom stereocenters. The van der Waals surface area contributed by atoms with E-state index in [1.807, 2.05) is 24.3 Å². The van der Waals surface area contributed by atoms with Gasteiger partial charge in [0.2, 0.25) is 0 Å². The Kier molecular flexibility index (Phi) is 7.84. The van der Waals surface area contributed by atoms with Crippen LogP contribution in [0.4, 0.5) is 0 Å². The average Bonchev–Trinajstić information content (AvgIpc) is 2.62. The van der Waals surface area contributed by atoms with Gasteiger partial charge >= 0.3 is 0 Å². The van der Waals surface area contributed by atoms with Crippen molar-refractivity contribution in [3.8, 4) is 0 Å². The van der Waals surface area contributed by atoms with E-state index in [1.54, 1.807) is 0 Å². The van der Waals surface area contributed by atoms with Crippen LogP contribution in [0.3, 0.4) is 0 Å². The third kappa shape index (κ3) is 6.84. The molecule has 126 valence electrons. The monoisotopic (exact) mass is 339 g/mol. The first-order valence-electron chi connectivity index (χ1n) is 8.37. The molecule has 0 spiro atoms. The lowest BCUT2D eigenvalue weighted by molar-refractivity contribution is 0.699. The van der Waals surface area contributed by atoms with Crippen molar-refractivity contribution in [2.24, 2.45) is 0 Å². The molecule has 0 heterocycles. The molecule has 2 aromatic carbocycles. The number of hydrazine groups is 1. The molecule has 4 heteroatoms. The molecule has 0 aliphatic rings. The lowest BCUT2D eigenvalue weighted by Gasteiger charge is -2.15. The highest BCUT2D eigenvalue weighted by Crippen LogP contribution is 2.10. The van der Waals surface area contributed by atoms with E-state index < -0.39 is 0 Å². The van der Waals surface area contributed by atoms with E-state index in [1.165, 1.54) is 5.56 Å². The van der Waals surface area contributed by atoms with Crippen LogP contribution in [0.15, 0.2) is 66.4 Å². The Morgan fingerprint density at radius 3 is 2.29 bits per heavy atom. The van der Waals surface area contributed by atoms with Gasteiger partial charge in [0, 0.05) is 18.7 Å². The number of allylic oxidation sites excluding steroid dienone is 1. The first-order chi connectivity index (χ1) is 11.8. The third-order valence-corrected chi connectivity index (χ3v) is 3.78. The highest BCUT2D eigenvalue weighted by atomic mass is 32.1. The van der Waals surface area contributed by atoms with Gasteiger partial charge in [-0.1, -0.05) is 74.0 Å². The van der Waals surface area contributed by atoms with Gasteiger partial charge in [-0.25, -0.2) is 0 Å². The molecule has 2 rings (SSSR count). The molecule has 0 saturated carbocycles. The van der Waals surface area contributed by atoms with Crippen molar-refractivity contribution in [1.29, 1.82) is 0 Å². The van der Waals surface area contributed by atoms with Gasteiger partial charge in [0.15, 0.2) is 5.11 Å². The smallest absolute Gasteiger partial charge is 0.185 e. The molecule has 0 aromatic heterocycles. The van der Waals surface area contributed by atoms with E-state index in [2.05, 4.69) is 65.6 Å². The molecule has 3 nitrogen and oxygen atoms in total. The highest BCUT2D eigenvalue weighted by Gasteiger charge is 2.01. The number of hydrogen-bond donors (Lipinski definition) is 3. The van der Waals surface area contributed by atoms with Crippen molar-refractivity contribution in [3.63, 3.8) is 0 Å². The summed E-state index contributed by atoms with van der Waals surface area (Å²) in [7, 11) is 0. The summed E-state index contributed by atoms with van der Waals surface area (Å²) < 4.78 is 0. The van der Waals surface area contributed by atoms with Gasteiger partial charge in [0.05, 0.1) is 0 Å². The fourth-order valence-corrected chi connectivity index (χ4v) is 2.41. The average molecular weight is 340 g/mol. The van der Waals surface area contributed by atoms with E-state index >= 15 is 0 Å². The van der Waals surface area contributed by atoms with Crippen LogP contribution in [0.25, 0.3) is 6.08 Å². The van der Waals surface area contributed by atoms with Crippen molar-refractivity contribution in [2.45, 2.75) is 26.2 Å². The second-order valence-electron chi connectivity index (χ2n) is 5.60. The molecule has 24 heavy (non-hydrogen) atoms. The molecule has 0 saturated heterocycles. The number of rotatable bonds is 8. The molecular weight excluding hydrogens is 314 g/mol. The van der Waals surface area contributed by atoms with Crippen LogP contribution >= 0.6 is 12.2 Å². The molecule has 0 atom stereocenters. The van der Waals surface area contributed by atoms with Gasteiger partial charge in [-0.3, -0.25) is 5.43 Å². The van der Waals surface area contributed by atoms with Crippen LogP contribution in [0.5, 0.6) is 0 Å². The van der Waals surface area contributed by atoms with E-state index in [9.17, 15) is 0 Å². The zero-order valence-corrected chi connectivity index (χ0v) is 14.9. The summed E-state index contributed by atoms with van der Waals surface area (Å²) in [5.41, 5.74) is 9.80. The molecule has 0 amide bonds. The Balaban J connectivity index is 2.00. The zero-order valence-electron chi connectivity index (χ0n) is 14.1. The van der Waals surface area contributed by atoms with Crippen LogP contribution in [-0.2, 0) is 6.42 Å². The fraction of sp³-hybridized carbons (Fsp3) is 0.250. The summed E-state index contributed by atoms with van der Waals surface area (Å²) >= 11 is 5.30. The Bertz CT molecular complexity index is 638. The fourth-order valence-electron chi connectivity index (χ4n) is 2.26. The number of nitrogens with one attached hydrogen (secondary N) is 3. The normalized spacial score (nSPS) is 11.0. The Morgan fingerprint density at radius 2 is 1.62 bits per heavy atom. The first-order valence-corrected chi connectivity index (χ1v) is 8.78. The predicted octanol–water partition coefficient (Wildman–Crippen LogP) is 4.04. The molecular formula is C20H25N3S. The summed E-state index contributed by atoms with van der Waals surface area (Å²) in [6, 6.07) is 20.7. The van der Waals surface area contributed by atoms with Gasteiger partial charge < -0.3 is 10.7 Å². The van der Waals surface area contributed by atoms with Crippen molar-refractivity contribution in [1.82, 2.24) is 16.2 Å². The van der Waals surface area contributed by atoms with Crippen LogP contribution in [0.2, 0.25) is 0 Å². The summed E-state index contributed by atoms with van der Waals surface area (Å²) in [6.07, 6.45) is 5.20. The minimum atomic E-state index is 0.621. The van der Waals surface area contributed by atoms with Gasteiger partial charge in [0.25, 0.3) is 0 Å². The summed E-state index contributed by atoms with van der Waals surface area (Å²) in [4.78, 5) is 0. The van der Waals surface area contributed by atoms with Gasteiger partial charge in [-0.05, 0) is 35.8 Å². The Morgan fingerprint density at radius 1 is 0.958 bits per heavy atom. The maximum atomic E-state index is 5.30. The second kappa shape index (κ2) is 10.4. The van der Waals surface area contributed by atoms with Gasteiger partial charge in [-0.2, -0.15) is 0 Å². The number of hydrogen-bond acceptors (Lipinski definition) is 2. The summed E-state index contributed by atoms with van der Waals surface area (Å²) in [5.74, 6) is 0. The van der Waals surface area contributed by atoms with Crippen LogP contribution in [-0.4, -0.2) is 11.7 Å². The maximum Gasteiger partial charge on any atom is 0.185 e. The minimum absolute atomic E-state index is 0.621. The molecule has 0 aliphatic heterocycles. The molecule has 0 aliphatic carbocycles. The summed E-state index contributed by atoms with van der Waals surface area (Å²) in [5, 5.41) is 3.82. The van der Waals surface area contributed by atoms with Gasteiger partial charge in [0.1, 0.15) is 0 Å². The van der Waals surface area contributed by atoms with E-state index in [0.29, 0.717) is 5.11 Å². The molecule has 3 N–H and O–H groups in total. The van der Waals surface area contributed by atoms with Crippen LogP contribution < -0.4 is 16.2 Å². The lowest BCUT2D eigenvalue weighted by atomic mass is 10.1. The zero-order chi connectivity index (χ0) is 17.0. The number of unbranched alkanes of at least 4 members (excludes halogenated alkanes) is 1. The SMILES string of the molecule is CCCCNC(=S)NN/C(=C/c1ccccc1)Cc1ccccc1. The van der Waals surface area contributed by atoms with Crippen molar-refractivity contribution < 1.29 is 0 Å². The third-order valence-electron chi connectivity index (χ3n) is 3.53. The molecule has 0 bridgehead atoms. The Hall–Kier alpha value is -2.33. The lowest BCUT2D eigenvalue weighted by Crippen LogP contribution is -2.44. The van der Waals surface area contributed by atoms with Gasteiger partial charge in [-0.15, -0.1) is 0 Å². The van der Waals surface area contributed by atoms with E-state index in [-0.39, 0.29) is 0 Å². The largest absolute Gasteiger partial charge is 0.361 e. The van der Waals surface area contributed by atoms with Crippen LogP contribution in [0, 0.1) is 0 Å². The number of benzene rings is 2. The molecule has 0 fully saturated rings. The summed E-state index contributed by atoms with van der Waals surface area (Å²) in [6.45, 7) is 3.05. The van der Waals surface area contributed by atoms with Crippen LogP contribution in [0.1, 0.15) is 30.9 Å². The van der Waals surface area contributed by atoms with E-state index in [4.69, 9.17) is 12.2 Å². The molecule has 2 aromatic rings. The van der Waals surface area contributed by atoms with Crippen molar-refractivity contribution >= 4 is 23.4 Å². The first kappa shape index (κ1) is 18.0. The van der Waals surface area contributed by atoms with Crippen molar-refractivity contribution in [2.75, 3.05) is 6.54 Å². The van der Waals surface area contributed by atoms with E-state index in [0.717, 1.165) is 37.1 Å².